The molecule has 0 fully saturated rings. The lowest BCUT2D eigenvalue weighted by Crippen LogP contribution is -2.33. The van der Waals surface area contributed by atoms with Gasteiger partial charge in [-0.3, -0.25) is 9.59 Å². The summed E-state index contributed by atoms with van der Waals surface area (Å²) in [5.74, 6) is -0.876. The van der Waals surface area contributed by atoms with Crippen molar-refractivity contribution in [2.75, 3.05) is 19.6 Å². The zero-order valence-electron chi connectivity index (χ0n) is 14.1. The Hall–Kier alpha value is -1.99. The van der Waals surface area contributed by atoms with E-state index in [4.69, 9.17) is 5.73 Å². The van der Waals surface area contributed by atoms with Crippen LogP contribution in [0.25, 0.3) is 0 Å². The van der Waals surface area contributed by atoms with E-state index in [1.54, 1.807) is 17.0 Å². The lowest BCUT2D eigenvalue weighted by Gasteiger charge is -2.32. The molecule has 0 aromatic heterocycles. The van der Waals surface area contributed by atoms with Gasteiger partial charge >= 0.3 is 0 Å². The summed E-state index contributed by atoms with van der Waals surface area (Å²) < 4.78 is 14.1. The molecule has 2 heterocycles. The maximum Gasteiger partial charge on any atom is 0.252 e. The third kappa shape index (κ3) is 2.70. The van der Waals surface area contributed by atoms with E-state index >= 15 is 0 Å². The van der Waals surface area contributed by atoms with Crippen LogP contribution >= 0.6 is 15.9 Å². The van der Waals surface area contributed by atoms with Crippen molar-refractivity contribution in [3.63, 3.8) is 0 Å². The minimum Gasteiger partial charge on any atom is -0.360 e. The van der Waals surface area contributed by atoms with Crippen molar-refractivity contribution >= 4 is 27.6 Å². The first-order valence-corrected chi connectivity index (χ1v) is 9.51. The van der Waals surface area contributed by atoms with Gasteiger partial charge in [0.2, 0.25) is 0 Å². The van der Waals surface area contributed by atoms with E-state index in [1.807, 2.05) is 0 Å². The first-order valence-electron chi connectivity index (χ1n) is 8.72. The zero-order chi connectivity index (χ0) is 18.4. The van der Waals surface area contributed by atoms with E-state index in [0.717, 1.165) is 29.8 Å². The molecule has 0 saturated carbocycles. The molecule has 2 aliphatic heterocycles. The van der Waals surface area contributed by atoms with Gasteiger partial charge in [0, 0.05) is 42.4 Å². The van der Waals surface area contributed by atoms with Crippen molar-refractivity contribution in [3.8, 4) is 0 Å². The Morgan fingerprint density at radius 2 is 2.04 bits per heavy atom. The van der Waals surface area contributed by atoms with Gasteiger partial charge in [-0.05, 0) is 46.5 Å². The number of amides is 1. The van der Waals surface area contributed by atoms with Gasteiger partial charge in [0.25, 0.3) is 5.91 Å². The number of allylic oxidation sites excluding steroid dienone is 2. The first-order chi connectivity index (χ1) is 12.5. The number of nitrogens with two attached hydrogens (primary N) is 1. The molecule has 3 N–H and O–H groups in total. The maximum atomic E-state index is 13.7. The van der Waals surface area contributed by atoms with Crippen LogP contribution in [0.3, 0.4) is 0 Å². The Bertz CT molecular complexity index is 878. The molecule has 1 atom stereocenters. The predicted molar refractivity (Wildman–Crippen MR) is 98.5 cm³/mol. The molecule has 0 saturated heterocycles. The highest BCUT2D eigenvalue weighted by molar-refractivity contribution is 9.10. The van der Waals surface area contributed by atoms with E-state index in [9.17, 15) is 14.0 Å². The summed E-state index contributed by atoms with van der Waals surface area (Å²) in [5, 5.41) is 3.34. The molecule has 0 spiro atoms. The van der Waals surface area contributed by atoms with E-state index in [1.165, 1.54) is 6.07 Å². The maximum absolute atomic E-state index is 13.7. The third-order valence-corrected chi connectivity index (χ3v) is 5.81. The van der Waals surface area contributed by atoms with Crippen LogP contribution in [0.4, 0.5) is 4.39 Å². The van der Waals surface area contributed by atoms with E-state index in [-0.39, 0.29) is 17.5 Å². The highest BCUT2D eigenvalue weighted by Gasteiger charge is 2.44. The van der Waals surface area contributed by atoms with Crippen LogP contribution in [-0.4, -0.2) is 36.2 Å². The van der Waals surface area contributed by atoms with Crippen LogP contribution in [-0.2, 0) is 9.59 Å². The molecule has 1 aliphatic carbocycles. The average molecular weight is 420 g/mol. The first kappa shape index (κ1) is 17.4. The normalized spacial score (nSPS) is 22.6. The molecule has 1 unspecified atom stereocenters. The smallest absolute Gasteiger partial charge is 0.252 e. The molecule has 26 heavy (non-hydrogen) atoms. The highest BCUT2D eigenvalue weighted by Crippen LogP contribution is 2.45. The molecule has 1 aromatic rings. The lowest BCUT2D eigenvalue weighted by atomic mass is 9.75. The molecule has 7 heteroatoms. The zero-order valence-corrected chi connectivity index (χ0v) is 15.7. The SMILES string of the molecule is NCCN1CC2=C(C1=O)C(c1ccc(F)c(Br)c1)C1=C(CCCC1=O)N2. The van der Waals surface area contributed by atoms with Gasteiger partial charge in [-0.1, -0.05) is 6.07 Å². The fourth-order valence-electron chi connectivity index (χ4n) is 4.07. The molecule has 0 radical (unpaired) electrons. The highest BCUT2D eigenvalue weighted by atomic mass is 79.9. The third-order valence-electron chi connectivity index (χ3n) is 5.20. The molecule has 1 amide bonds. The number of benzene rings is 1. The molecular formula is C19H19BrFN3O2. The van der Waals surface area contributed by atoms with E-state index in [0.29, 0.717) is 41.7 Å². The number of nitrogens with zero attached hydrogens (tertiary/aromatic N) is 1. The molecular weight excluding hydrogens is 401 g/mol. The van der Waals surface area contributed by atoms with Crippen molar-refractivity contribution in [2.24, 2.45) is 5.73 Å². The Labute approximate surface area is 159 Å². The second kappa shape index (κ2) is 6.63. The summed E-state index contributed by atoms with van der Waals surface area (Å²) in [6.45, 7) is 1.31. The Morgan fingerprint density at radius 1 is 1.23 bits per heavy atom. The fourth-order valence-corrected chi connectivity index (χ4v) is 4.46. The summed E-state index contributed by atoms with van der Waals surface area (Å²) in [5.41, 5.74) is 9.35. The van der Waals surface area contributed by atoms with Crippen LogP contribution in [0.1, 0.15) is 30.7 Å². The van der Waals surface area contributed by atoms with Crippen molar-refractivity contribution < 1.29 is 14.0 Å². The summed E-state index contributed by atoms with van der Waals surface area (Å²) in [6.07, 6.45) is 2.05. The van der Waals surface area contributed by atoms with Gasteiger partial charge in [0.1, 0.15) is 5.82 Å². The number of ketones is 1. The second-order valence-electron chi connectivity index (χ2n) is 6.81. The number of carbonyl (C=O) groups excluding carboxylic acids is 2. The van der Waals surface area contributed by atoms with E-state index < -0.39 is 5.92 Å². The standard InChI is InChI=1S/C19H19BrFN3O2/c20-11-8-10(4-5-12(11)21)16-17-13(2-1-3-15(17)25)23-14-9-24(7-6-22)19(26)18(14)16/h4-5,8,16,23H,1-3,6-7,9,22H2. The predicted octanol–water partition coefficient (Wildman–Crippen LogP) is 2.34. The quantitative estimate of drug-likeness (QED) is 0.788. The van der Waals surface area contributed by atoms with Crippen LogP contribution in [0, 0.1) is 5.82 Å². The van der Waals surface area contributed by atoms with Crippen LogP contribution < -0.4 is 11.1 Å². The number of hydrogen-bond acceptors (Lipinski definition) is 4. The number of carbonyl (C=O) groups is 2. The number of Topliss-reactive ketones (excluding diaryl/α,β-unsaturated/α-hetero) is 1. The van der Waals surface area contributed by atoms with Crippen molar-refractivity contribution in [1.29, 1.82) is 0 Å². The number of halogens is 2. The molecule has 1 aromatic carbocycles. The summed E-state index contributed by atoms with van der Waals surface area (Å²) in [7, 11) is 0. The van der Waals surface area contributed by atoms with Gasteiger partial charge in [0.15, 0.2) is 5.78 Å². The van der Waals surface area contributed by atoms with Crippen molar-refractivity contribution in [3.05, 3.63) is 56.6 Å². The van der Waals surface area contributed by atoms with Gasteiger partial charge in [-0.25, -0.2) is 4.39 Å². The average Bonchev–Trinajstić information content (AvgIpc) is 2.92. The summed E-state index contributed by atoms with van der Waals surface area (Å²) >= 11 is 3.22. The fraction of sp³-hybridized carbons (Fsp3) is 0.368. The molecule has 0 bridgehead atoms. The largest absolute Gasteiger partial charge is 0.360 e. The van der Waals surface area contributed by atoms with Crippen molar-refractivity contribution in [2.45, 2.75) is 25.2 Å². The second-order valence-corrected chi connectivity index (χ2v) is 7.66. The number of nitrogens with one attached hydrogen (secondary N) is 1. The summed E-state index contributed by atoms with van der Waals surface area (Å²) in [4.78, 5) is 27.4. The molecule has 3 aliphatic rings. The van der Waals surface area contributed by atoms with Crippen molar-refractivity contribution in [1.82, 2.24) is 10.2 Å². The van der Waals surface area contributed by atoms with Gasteiger partial charge < -0.3 is 16.0 Å². The van der Waals surface area contributed by atoms with Gasteiger partial charge in [0.05, 0.1) is 16.6 Å². The Kier molecular flexibility index (Phi) is 4.44. The Balaban J connectivity index is 1.85. The summed E-state index contributed by atoms with van der Waals surface area (Å²) in [6, 6.07) is 4.69. The van der Waals surface area contributed by atoms with Gasteiger partial charge in [-0.2, -0.15) is 0 Å². The minimum atomic E-state index is -0.457. The monoisotopic (exact) mass is 419 g/mol. The van der Waals surface area contributed by atoms with Crippen LogP contribution in [0.15, 0.2) is 45.2 Å². The Morgan fingerprint density at radius 3 is 2.77 bits per heavy atom. The van der Waals surface area contributed by atoms with E-state index in [2.05, 4.69) is 21.2 Å². The number of rotatable bonds is 3. The van der Waals surface area contributed by atoms with Gasteiger partial charge in [-0.15, -0.1) is 0 Å². The van der Waals surface area contributed by atoms with Crippen LogP contribution in [0.2, 0.25) is 0 Å². The molecule has 5 nitrogen and oxygen atoms in total. The number of dihydropyridines is 1. The molecule has 4 rings (SSSR count). The number of hydrogen-bond donors (Lipinski definition) is 2. The topological polar surface area (TPSA) is 75.4 Å². The lowest BCUT2D eigenvalue weighted by molar-refractivity contribution is -0.125. The molecule has 136 valence electrons. The minimum absolute atomic E-state index is 0.0563. The van der Waals surface area contributed by atoms with Crippen LogP contribution in [0.5, 0.6) is 0 Å².